The predicted octanol–water partition coefficient (Wildman–Crippen LogP) is 3.70. The quantitative estimate of drug-likeness (QED) is 0.840. The first-order valence-electron chi connectivity index (χ1n) is 8.16. The van der Waals surface area contributed by atoms with E-state index in [9.17, 15) is 13.2 Å². The lowest BCUT2D eigenvalue weighted by molar-refractivity contribution is 0.0742. The van der Waals surface area contributed by atoms with Crippen LogP contribution in [0.2, 0.25) is 5.02 Å². The van der Waals surface area contributed by atoms with Gasteiger partial charge in [-0.1, -0.05) is 23.7 Å². The summed E-state index contributed by atoms with van der Waals surface area (Å²) in [5.74, 6) is -0.247. The maximum absolute atomic E-state index is 12.9. The second-order valence-corrected chi connectivity index (χ2v) is 8.56. The number of nitrogens with one attached hydrogen (secondary N) is 1. The molecule has 0 aliphatic heterocycles. The van der Waals surface area contributed by atoms with Gasteiger partial charge in [0.05, 0.1) is 10.9 Å². The van der Waals surface area contributed by atoms with Crippen LogP contribution in [0, 0.1) is 13.8 Å². The van der Waals surface area contributed by atoms with Crippen LogP contribution in [0.5, 0.6) is 0 Å². The van der Waals surface area contributed by atoms with E-state index in [-0.39, 0.29) is 16.8 Å². The van der Waals surface area contributed by atoms with Crippen LogP contribution in [0.3, 0.4) is 0 Å². The monoisotopic (exact) mass is 394 g/mol. The van der Waals surface area contributed by atoms with Crippen molar-refractivity contribution in [3.05, 3.63) is 63.7 Å². The van der Waals surface area contributed by atoms with Gasteiger partial charge in [0.15, 0.2) is 0 Å². The number of hydrogen-bond donors (Lipinski definition) is 1. The van der Waals surface area contributed by atoms with Crippen molar-refractivity contribution >= 4 is 27.5 Å². The number of amides is 1. The Balaban J connectivity index is 2.41. The molecule has 0 fully saturated rings. The van der Waals surface area contributed by atoms with Crippen LogP contribution in [-0.2, 0) is 10.0 Å². The van der Waals surface area contributed by atoms with Gasteiger partial charge in [-0.2, -0.15) is 0 Å². The Labute approximate surface area is 160 Å². The molecule has 1 amide bonds. The van der Waals surface area contributed by atoms with E-state index in [0.29, 0.717) is 16.1 Å². The molecule has 0 aliphatic rings. The molecule has 26 heavy (non-hydrogen) atoms. The Kier molecular flexibility index (Phi) is 6.11. The van der Waals surface area contributed by atoms with E-state index < -0.39 is 10.0 Å². The standard InChI is InChI=1S/C19H23ClN2O3S/c1-12-10-16(11-18(13(12)2)26(24,25)21-4)19(23)22(5)14(3)15-6-8-17(20)9-7-15/h6-11,14,21H,1-5H3. The molecule has 5 nitrogen and oxygen atoms in total. The van der Waals surface area contributed by atoms with Gasteiger partial charge < -0.3 is 4.90 Å². The molecule has 2 rings (SSSR count). The number of nitrogens with zero attached hydrogens (tertiary/aromatic N) is 1. The highest BCUT2D eigenvalue weighted by atomic mass is 35.5. The maximum Gasteiger partial charge on any atom is 0.254 e. The molecule has 0 spiro atoms. The first-order valence-corrected chi connectivity index (χ1v) is 10.0. The van der Waals surface area contributed by atoms with E-state index in [4.69, 9.17) is 11.6 Å². The van der Waals surface area contributed by atoms with Crippen molar-refractivity contribution in [2.45, 2.75) is 31.7 Å². The van der Waals surface area contributed by atoms with Crippen molar-refractivity contribution in [3.8, 4) is 0 Å². The van der Waals surface area contributed by atoms with E-state index in [1.807, 2.05) is 19.1 Å². The fraction of sp³-hybridized carbons (Fsp3) is 0.316. The summed E-state index contributed by atoms with van der Waals surface area (Å²) in [6.45, 7) is 5.44. The van der Waals surface area contributed by atoms with Gasteiger partial charge in [-0.3, -0.25) is 4.79 Å². The number of benzene rings is 2. The fourth-order valence-electron chi connectivity index (χ4n) is 2.68. The summed E-state index contributed by atoms with van der Waals surface area (Å²) >= 11 is 5.92. The van der Waals surface area contributed by atoms with Gasteiger partial charge in [-0.15, -0.1) is 0 Å². The number of sulfonamides is 1. The number of carbonyl (C=O) groups excluding carboxylic acids is 1. The molecule has 7 heteroatoms. The third-order valence-electron chi connectivity index (χ3n) is 4.68. The molecule has 2 aromatic rings. The molecule has 0 aliphatic carbocycles. The number of rotatable bonds is 5. The molecule has 140 valence electrons. The second kappa shape index (κ2) is 7.78. The summed E-state index contributed by atoms with van der Waals surface area (Å²) in [5.41, 5.74) is 2.66. The minimum absolute atomic E-state index is 0.121. The smallest absolute Gasteiger partial charge is 0.254 e. The van der Waals surface area contributed by atoms with Crippen molar-refractivity contribution < 1.29 is 13.2 Å². The van der Waals surface area contributed by atoms with E-state index >= 15 is 0 Å². The Morgan fingerprint density at radius 3 is 2.27 bits per heavy atom. The zero-order valence-corrected chi connectivity index (χ0v) is 17.1. The minimum atomic E-state index is -3.65. The summed E-state index contributed by atoms with van der Waals surface area (Å²) < 4.78 is 26.8. The van der Waals surface area contributed by atoms with E-state index in [1.165, 1.54) is 13.1 Å². The van der Waals surface area contributed by atoms with Gasteiger partial charge in [0.2, 0.25) is 10.0 Å². The molecule has 0 bridgehead atoms. The summed E-state index contributed by atoms with van der Waals surface area (Å²) in [6.07, 6.45) is 0. The Bertz CT molecular complexity index is 925. The van der Waals surface area contributed by atoms with E-state index in [2.05, 4.69) is 4.72 Å². The lowest BCUT2D eigenvalue weighted by Gasteiger charge is -2.26. The van der Waals surface area contributed by atoms with Crippen molar-refractivity contribution in [2.24, 2.45) is 0 Å². The van der Waals surface area contributed by atoms with Crippen molar-refractivity contribution in [2.75, 3.05) is 14.1 Å². The van der Waals surface area contributed by atoms with Crippen LogP contribution < -0.4 is 4.72 Å². The molecule has 0 aromatic heterocycles. The van der Waals surface area contributed by atoms with Crippen molar-refractivity contribution in [1.29, 1.82) is 0 Å². The lowest BCUT2D eigenvalue weighted by atomic mass is 10.0. The lowest BCUT2D eigenvalue weighted by Crippen LogP contribution is -2.30. The normalized spacial score (nSPS) is 12.7. The number of aryl methyl sites for hydroxylation is 1. The van der Waals surface area contributed by atoms with Crippen LogP contribution in [-0.4, -0.2) is 33.3 Å². The van der Waals surface area contributed by atoms with Gasteiger partial charge in [0.25, 0.3) is 5.91 Å². The Hall–Kier alpha value is -1.89. The average Bonchev–Trinajstić information content (AvgIpc) is 2.62. The van der Waals surface area contributed by atoms with Crippen LogP contribution >= 0.6 is 11.6 Å². The molecule has 0 heterocycles. The molecular weight excluding hydrogens is 372 g/mol. The summed E-state index contributed by atoms with van der Waals surface area (Å²) in [4.78, 5) is 14.6. The second-order valence-electron chi connectivity index (χ2n) is 6.27. The van der Waals surface area contributed by atoms with E-state index in [1.54, 1.807) is 44.0 Å². The summed E-state index contributed by atoms with van der Waals surface area (Å²) in [7, 11) is -0.594. The SMILES string of the molecule is CNS(=O)(=O)c1cc(C(=O)N(C)C(C)c2ccc(Cl)cc2)cc(C)c1C. The van der Waals surface area contributed by atoms with Gasteiger partial charge in [-0.05, 0) is 68.8 Å². The third-order valence-corrected chi connectivity index (χ3v) is 6.47. The van der Waals surface area contributed by atoms with E-state index in [0.717, 1.165) is 11.1 Å². The maximum atomic E-state index is 12.9. The van der Waals surface area contributed by atoms with Gasteiger partial charge in [0, 0.05) is 17.6 Å². The van der Waals surface area contributed by atoms with Gasteiger partial charge in [-0.25, -0.2) is 13.1 Å². The number of carbonyl (C=O) groups is 1. The minimum Gasteiger partial charge on any atom is -0.335 e. The Morgan fingerprint density at radius 2 is 1.73 bits per heavy atom. The van der Waals surface area contributed by atoms with Gasteiger partial charge >= 0.3 is 0 Å². The zero-order chi connectivity index (χ0) is 19.6. The largest absolute Gasteiger partial charge is 0.335 e. The van der Waals surface area contributed by atoms with Crippen LogP contribution in [0.4, 0.5) is 0 Å². The molecule has 0 saturated carbocycles. The summed E-state index contributed by atoms with van der Waals surface area (Å²) in [5, 5.41) is 0.631. The molecule has 1 N–H and O–H groups in total. The molecule has 2 aromatic carbocycles. The fourth-order valence-corrected chi connectivity index (χ4v) is 3.88. The average molecular weight is 395 g/mol. The van der Waals surface area contributed by atoms with Crippen molar-refractivity contribution in [3.63, 3.8) is 0 Å². The highest BCUT2D eigenvalue weighted by Gasteiger charge is 2.23. The highest BCUT2D eigenvalue weighted by molar-refractivity contribution is 7.89. The topological polar surface area (TPSA) is 66.5 Å². The summed E-state index contributed by atoms with van der Waals surface area (Å²) in [6, 6.07) is 10.3. The molecule has 0 saturated heterocycles. The third kappa shape index (κ3) is 4.09. The highest BCUT2D eigenvalue weighted by Crippen LogP contribution is 2.25. The molecule has 1 atom stereocenters. The first kappa shape index (κ1) is 20.4. The molecule has 1 unspecified atom stereocenters. The van der Waals surface area contributed by atoms with Crippen molar-refractivity contribution in [1.82, 2.24) is 9.62 Å². The predicted molar refractivity (Wildman–Crippen MR) is 104 cm³/mol. The van der Waals surface area contributed by atoms with Crippen LogP contribution in [0.1, 0.15) is 40.0 Å². The Morgan fingerprint density at radius 1 is 1.15 bits per heavy atom. The van der Waals surface area contributed by atoms with Gasteiger partial charge in [0.1, 0.15) is 0 Å². The number of halogens is 1. The molecule has 0 radical (unpaired) electrons. The first-order chi connectivity index (χ1) is 12.1. The van der Waals surface area contributed by atoms with Crippen LogP contribution in [0.25, 0.3) is 0 Å². The van der Waals surface area contributed by atoms with Crippen LogP contribution in [0.15, 0.2) is 41.3 Å². The zero-order valence-electron chi connectivity index (χ0n) is 15.5. The number of hydrogen-bond acceptors (Lipinski definition) is 3. The molecular formula is C19H23ClN2O3S.